The second-order valence-corrected chi connectivity index (χ2v) is 8.67. The SMILES string of the molecule is O=C(C=Cc1ccc(S(=O)(=O)NC2CC2)cc1)N1CCSCC1. The molecule has 1 saturated heterocycles. The van der Waals surface area contributed by atoms with Crippen LogP contribution in [0.4, 0.5) is 0 Å². The summed E-state index contributed by atoms with van der Waals surface area (Å²) in [6.07, 6.45) is 5.12. The van der Waals surface area contributed by atoms with E-state index in [-0.39, 0.29) is 16.8 Å². The normalized spacial score (nSPS) is 19.2. The number of hydrogen-bond donors (Lipinski definition) is 1. The maximum atomic E-state index is 12.1. The van der Waals surface area contributed by atoms with Gasteiger partial charge in [-0.2, -0.15) is 11.8 Å². The Kier molecular flexibility index (Phi) is 5.08. The van der Waals surface area contributed by atoms with E-state index in [1.165, 1.54) is 0 Å². The highest BCUT2D eigenvalue weighted by Gasteiger charge is 2.27. The Morgan fingerprint density at radius 3 is 2.43 bits per heavy atom. The molecule has 1 aliphatic carbocycles. The van der Waals surface area contributed by atoms with Gasteiger partial charge in [-0.1, -0.05) is 12.1 Å². The van der Waals surface area contributed by atoms with Crippen LogP contribution in [-0.2, 0) is 14.8 Å². The van der Waals surface area contributed by atoms with Crippen molar-refractivity contribution in [3.63, 3.8) is 0 Å². The lowest BCUT2D eigenvalue weighted by Crippen LogP contribution is -2.36. The van der Waals surface area contributed by atoms with Crippen LogP contribution in [0.15, 0.2) is 35.2 Å². The summed E-state index contributed by atoms with van der Waals surface area (Å²) >= 11 is 1.86. The third kappa shape index (κ3) is 4.59. The lowest BCUT2D eigenvalue weighted by molar-refractivity contribution is -0.125. The van der Waals surface area contributed by atoms with E-state index in [2.05, 4.69) is 4.72 Å². The van der Waals surface area contributed by atoms with E-state index >= 15 is 0 Å². The van der Waals surface area contributed by atoms with Gasteiger partial charge in [-0.25, -0.2) is 13.1 Å². The Hall–Kier alpha value is -1.31. The van der Waals surface area contributed by atoms with Crippen molar-refractivity contribution in [1.82, 2.24) is 9.62 Å². The van der Waals surface area contributed by atoms with Crippen LogP contribution >= 0.6 is 11.8 Å². The van der Waals surface area contributed by atoms with Gasteiger partial charge >= 0.3 is 0 Å². The molecule has 0 aromatic heterocycles. The third-order valence-corrected chi connectivity index (χ3v) is 6.31. The van der Waals surface area contributed by atoms with Crippen molar-refractivity contribution in [3.05, 3.63) is 35.9 Å². The molecule has 1 aliphatic heterocycles. The van der Waals surface area contributed by atoms with Gasteiger partial charge in [0.1, 0.15) is 0 Å². The molecule has 1 saturated carbocycles. The summed E-state index contributed by atoms with van der Waals surface area (Å²) in [5, 5.41) is 0. The number of nitrogens with one attached hydrogen (secondary N) is 1. The van der Waals surface area contributed by atoms with Gasteiger partial charge in [0.2, 0.25) is 15.9 Å². The molecule has 2 aliphatic rings. The minimum atomic E-state index is -3.41. The number of carbonyl (C=O) groups is 1. The minimum absolute atomic E-state index is 0.0115. The zero-order valence-corrected chi connectivity index (χ0v) is 14.4. The molecule has 7 heteroatoms. The first-order valence-corrected chi connectivity index (χ1v) is 10.4. The van der Waals surface area contributed by atoms with Gasteiger partial charge in [0, 0.05) is 36.7 Å². The van der Waals surface area contributed by atoms with E-state index in [1.54, 1.807) is 36.4 Å². The molecule has 3 rings (SSSR count). The summed E-state index contributed by atoms with van der Waals surface area (Å²) in [6, 6.07) is 6.69. The van der Waals surface area contributed by atoms with Crippen LogP contribution in [0.25, 0.3) is 6.08 Å². The smallest absolute Gasteiger partial charge is 0.246 e. The van der Waals surface area contributed by atoms with Crippen LogP contribution in [0.1, 0.15) is 18.4 Å². The van der Waals surface area contributed by atoms with Gasteiger partial charge in [-0.15, -0.1) is 0 Å². The predicted molar refractivity (Wildman–Crippen MR) is 92.7 cm³/mol. The number of nitrogens with zero attached hydrogens (tertiary/aromatic N) is 1. The number of benzene rings is 1. The van der Waals surface area contributed by atoms with Crippen LogP contribution in [0.3, 0.4) is 0 Å². The highest BCUT2D eigenvalue weighted by Crippen LogP contribution is 2.22. The lowest BCUT2D eigenvalue weighted by atomic mass is 10.2. The molecular weight excluding hydrogens is 332 g/mol. The Bertz CT molecular complexity index is 689. The zero-order chi connectivity index (χ0) is 16.3. The molecule has 2 fully saturated rings. The first-order chi connectivity index (χ1) is 11.0. The van der Waals surface area contributed by atoms with E-state index in [1.807, 2.05) is 16.7 Å². The molecule has 0 radical (unpaired) electrons. The summed E-state index contributed by atoms with van der Waals surface area (Å²) in [4.78, 5) is 14.2. The van der Waals surface area contributed by atoms with Crippen LogP contribution in [0.2, 0.25) is 0 Å². The number of sulfonamides is 1. The molecule has 124 valence electrons. The Balaban J connectivity index is 1.62. The average molecular weight is 352 g/mol. The van der Waals surface area contributed by atoms with Crippen molar-refractivity contribution < 1.29 is 13.2 Å². The van der Waals surface area contributed by atoms with Gasteiger partial charge in [0.05, 0.1) is 4.90 Å². The molecule has 1 N–H and O–H groups in total. The molecule has 1 amide bonds. The van der Waals surface area contributed by atoms with Crippen molar-refractivity contribution in [2.24, 2.45) is 0 Å². The number of amides is 1. The van der Waals surface area contributed by atoms with Gasteiger partial charge < -0.3 is 4.90 Å². The Labute approximate surface area is 141 Å². The van der Waals surface area contributed by atoms with E-state index in [9.17, 15) is 13.2 Å². The highest BCUT2D eigenvalue weighted by molar-refractivity contribution is 7.99. The molecule has 0 unspecified atom stereocenters. The van der Waals surface area contributed by atoms with Crippen molar-refractivity contribution in [1.29, 1.82) is 0 Å². The first-order valence-electron chi connectivity index (χ1n) is 7.72. The molecular formula is C16H20N2O3S2. The van der Waals surface area contributed by atoms with Crippen molar-refractivity contribution >= 4 is 33.8 Å². The largest absolute Gasteiger partial charge is 0.338 e. The second kappa shape index (κ2) is 7.07. The second-order valence-electron chi connectivity index (χ2n) is 5.74. The third-order valence-electron chi connectivity index (χ3n) is 3.83. The van der Waals surface area contributed by atoms with Crippen molar-refractivity contribution in [2.45, 2.75) is 23.8 Å². The molecule has 0 atom stereocenters. The quantitative estimate of drug-likeness (QED) is 0.820. The zero-order valence-electron chi connectivity index (χ0n) is 12.8. The average Bonchev–Trinajstić information content (AvgIpc) is 3.37. The molecule has 5 nitrogen and oxygen atoms in total. The molecule has 0 spiro atoms. The Morgan fingerprint density at radius 2 is 1.83 bits per heavy atom. The summed E-state index contributed by atoms with van der Waals surface area (Å²) in [7, 11) is -3.41. The molecule has 1 aromatic rings. The lowest BCUT2D eigenvalue weighted by Gasteiger charge is -2.25. The van der Waals surface area contributed by atoms with Crippen LogP contribution < -0.4 is 4.72 Å². The summed E-state index contributed by atoms with van der Waals surface area (Å²) in [6.45, 7) is 1.58. The summed E-state index contributed by atoms with van der Waals surface area (Å²) < 4.78 is 26.8. The van der Waals surface area contributed by atoms with Crippen LogP contribution in [0, 0.1) is 0 Å². The fourth-order valence-corrected chi connectivity index (χ4v) is 4.51. The summed E-state index contributed by atoms with van der Waals surface area (Å²) in [5.41, 5.74) is 0.815. The molecule has 23 heavy (non-hydrogen) atoms. The standard InChI is InChI=1S/C16H20N2O3S2/c19-16(18-9-11-22-12-10-18)8-3-13-1-6-15(7-2-13)23(20,21)17-14-4-5-14/h1-3,6-8,14,17H,4-5,9-12H2. The van der Waals surface area contributed by atoms with Crippen molar-refractivity contribution in [3.8, 4) is 0 Å². The highest BCUT2D eigenvalue weighted by atomic mass is 32.2. The van der Waals surface area contributed by atoms with E-state index in [0.29, 0.717) is 0 Å². The van der Waals surface area contributed by atoms with E-state index < -0.39 is 10.0 Å². The van der Waals surface area contributed by atoms with E-state index in [0.717, 1.165) is 43.0 Å². The molecule has 0 bridgehead atoms. The monoisotopic (exact) mass is 352 g/mol. The first kappa shape index (κ1) is 16.5. The van der Waals surface area contributed by atoms with Crippen LogP contribution in [-0.4, -0.2) is 49.9 Å². The maximum absolute atomic E-state index is 12.1. The molecule has 1 heterocycles. The Morgan fingerprint density at radius 1 is 1.17 bits per heavy atom. The molecule has 1 aromatic carbocycles. The van der Waals surface area contributed by atoms with Crippen molar-refractivity contribution in [2.75, 3.05) is 24.6 Å². The number of hydrogen-bond acceptors (Lipinski definition) is 4. The number of thioether (sulfide) groups is 1. The fraction of sp³-hybridized carbons (Fsp3) is 0.438. The van der Waals surface area contributed by atoms with Gasteiger partial charge in [0.15, 0.2) is 0 Å². The topological polar surface area (TPSA) is 66.5 Å². The van der Waals surface area contributed by atoms with Gasteiger partial charge in [-0.3, -0.25) is 4.79 Å². The predicted octanol–water partition coefficient (Wildman–Crippen LogP) is 1.72. The minimum Gasteiger partial charge on any atom is -0.338 e. The fourth-order valence-electron chi connectivity index (χ4n) is 2.30. The van der Waals surface area contributed by atoms with Gasteiger partial charge in [-0.05, 0) is 36.6 Å². The van der Waals surface area contributed by atoms with Gasteiger partial charge in [0.25, 0.3) is 0 Å². The maximum Gasteiger partial charge on any atom is 0.246 e. The summed E-state index contributed by atoms with van der Waals surface area (Å²) in [5.74, 6) is 1.98. The number of rotatable bonds is 5. The van der Waals surface area contributed by atoms with E-state index in [4.69, 9.17) is 0 Å². The van der Waals surface area contributed by atoms with Crippen LogP contribution in [0.5, 0.6) is 0 Å². The number of carbonyl (C=O) groups excluding carboxylic acids is 1.